The molecule has 0 aliphatic carbocycles. The van der Waals surface area contributed by atoms with E-state index in [1.54, 1.807) is 0 Å². The van der Waals surface area contributed by atoms with Gasteiger partial charge in [-0.3, -0.25) is 0 Å². The van der Waals surface area contributed by atoms with Crippen LogP contribution in [0.25, 0.3) is 0 Å². The van der Waals surface area contributed by atoms with E-state index in [4.69, 9.17) is 4.74 Å². The first kappa shape index (κ1) is 17.2. The third kappa shape index (κ3) is 6.53. The highest BCUT2D eigenvalue weighted by Crippen LogP contribution is 2.19. The number of hydrogen-bond acceptors (Lipinski definition) is 2. The molecule has 1 aromatic rings. The van der Waals surface area contributed by atoms with Gasteiger partial charge in [0.1, 0.15) is 0 Å². The van der Waals surface area contributed by atoms with Crippen LogP contribution in [0.5, 0.6) is 0 Å². The van der Waals surface area contributed by atoms with E-state index < -0.39 is 0 Å². The zero-order valence-corrected chi connectivity index (χ0v) is 13.5. The lowest BCUT2D eigenvalue weighted by Gasteiger charge is -2.20. The summed E-state index contributed by atoms with van der Waals surface area (Å²) in [5.74, 6) is 0. The zero-order chi connectivity index (χ0) is 14.6. The van der Waals surface area contributed by atoms with E-state index in [9.17, 15) is 0 Å². The quantitative estimate of drug-likeness (QED) is 0.601. The summed E-state index contributed by atoms with van der Waals surface area (Å²) >= 11 is 0. The van der Waals surface area contributed by atoms with Gasteiger partial charge in [-0.05, 0) is 43.4 Å². The minimum absolute atomic E-state index is 0.420. The summed E-state index contributed by atoms with van der Waals surface area (Å²) in [7, 11) is 0. The van der Waals surface area contributed by atoms with Crippen molar-refractivity contribution in [2.75, 3.05) is 19.8 Å². The molecule has 114 valence electrons. The molecule has 20 heavy (non-hydrogen) atoms. The molecule has 2 heteroatoms. The van der Waals surface area contributed by atoms with Crippen LogP contribution in [0, 0.1) is 0 Å². The Morgan fingerprint density at radius 1 is 1.05 bits per heavy atom. The maximum atomic E-state index is 5.65. The predicted octanol–water partition coefficient (Wildman–Crippen LogP) is 4.50. The van der Waals surface area contributed by atoms with E-state index in [-0.39, 0.29) is 0 Å². The molecule has 1 rings (SSSR count). The summed E-state index contributed by atoms with van der Waals surface area (Å²) in [6.45, 7) is 9.38. The summed E-state index contributed by atoms with van der Waals surface area (Å²) < 4.78 is 5.65. The second kappa shape index (κ2) is 10.9. The molecule has 0 spiro atoms. The van der Waals surface area contributed by atoms with Crippen molar-refractivity contribution in [1.82, 2.24) is 5.32 Å². The number of aryl methyl sites for hydroxylation is 1. The first-order valence-corrected chi connectivity index (χ1v) is 8.21. The smallest absolute Gasteiger partial charge is 0.0484 e. The van der Waals surface area contributed by atoms with Crippen LogP contribution >= 0.6 is 0 Å². The van der Waals surface area contributed by atoms with Gasteiger partial charge in [0.15, 0.2) is 0 Å². The molecule has 1 N–H and O–H groups in total. The molecule has 0 radical (unpaired) electrons. The number of rotatable bonds is 11. The summed E-state index contributed by atoms with van der Waals surface area (Å²) in [4.78, 5) is 0. The lowest BCUT2D eigenvalue weighted by atomic mass is 9.99. The number of nitrogens with one attached hydrogen (secondary N) is 1. The number of hydrogen-bond donors (Lipinski definition) is 1. The Morgan fingerprint density at radius 3 is 2.60 bits per heavy atom. The van der Waals surface area contributed by atoms with Crippen molar-refractivity contribution in [1.29, 1.82) is 0 Å². The largest absolute Gasteiger partial charge is 0.381 e. The maximum absolute atomic E-state index is 5.65. The van der Waals surface area contributed by atoms with Crippen LogP contribution < -0.4 is 5.32 Å². The predicted molar refractivity (Wildman–Crippen MR) is 87.2 cm³/mol. The van der Waals surface area contributed by atoms with Gasteiger partial charge in [-0.15, -0.1) is 0 Å². The van der Waals surface area contributed by atoms with Gasteiger partial charge in [-0.1, -0.05) is 51.5 Å². The van der Waals surface area contributed by atoms with Gasteiger partial charge in [0.05, 0.1) is 0 Å². The third-order valence-electron chi connectivity index (χ3n) is 3.43. The third-order valence-corrected chi connectivity index (χ3v) is 3.43. The standard InChI is InChI=1S/C18H31NO/c1-4-8-16-9-7-10-17(15-16)18(19-12-5-2)11-14-20-13-6-3/h7,9-10,15,18-19H,4-6,8,11-14H2,1-3H3. The summed E-state index contributed by atoms with van der Waals surface area (Å²) in [5, 5.41) is 3.65. The molecule has 0 aromatic heterocycles. The van der Waals surface area contributed by atoms with E-state index in [2.05, 4.69) is 50.4 Å². The maximum Gasteiger partial charge on any atom is 0.0484 e. The van der Waals surface area contributed by atoms with Gasteiger partial charge in [0.2, 0.25) is 0 Å². The van der Waals surface area contributed by atoms with Gasteiger partial charge >= 0.3 is 0 Å². The Morgan fingerprint density at radius 2 is 1.90 bits per heavy atom. The van der Waals surface area contributed by atoms with Crippen molar-refractivity contribution in [3.05, 3.63) is 35.4 Å². The number of ether oxygens (including phenoxy) is 1. The Labute approximate surface area is 124 Å². The zero-order valence-electron chi connectivity index (χ0n) is 13.5. The van der Waals surface area contributed by atoms with Crippen molar-refractivity contribution in [2.24, 2.45) is 0 Å². The van der Waals surface area contributed by atoms with Gasteiger partial charge in [0, 0.05) is 19.3 Å². The fourth-order valence-corrected chi connectivity index (χ4v) is 2.41. The van der Waals surface area contributed by atoms with Crippen molar-refractivity contribution in [3.63, 3.8) is 0 Å². The topological polar surface area (TPSA) is 21.3 Å². The van der Waals surface area contributed by atoms with E-state index >= 15 is 0 Å². The highest BCUT2D eigenvalue weighted by molar-refractivity contribution is 5.26. The van der Waals surface area contributed by atoms with E-state index in [0.717, 1.165) is 32.6 Å². The molecule has 0 heterocycles. The van der Waals surface area contributed by atoms with Crippen molar-refractivity contribution < 1.29 is 4.74 Å². The fourth-order valence-electron chi connectivity index (χ4n) is 2.41. The first-order valence-electron chi connectivity index (χ1n) is 8.21. The van der Waals surface area contributed by atoms with Crippen molar-refractivity contribution in [2.45, 2.75) is 58.9 Å². The van der Waals surface area contributed by atoms with Crippen LogP contribution in [-0.4, -0.2) is 19.8 Å². The number of benzene rings is 1. The Bertz CT molecular complexity index is 351. The molecule has 1 atom stereocenters. The van der Waals surface area contributed by atoms with Gasteiger partial charge in [-0.25, -0.2) is 0 Å². The van der Waals surface area contributed by atoms with E-state index in [1.165, 1.54) is 30.4 Å². The Balaban J connectivity index is 2.62. The van der Waals surface area contributed by atoms with Crippen LogP contribution in [0.1, 0.15) is 63.6 Å². The Hall–Kier alpha value is -0.860. The molecule has 0 bridgehead atoms. The molecule has 1 aromatic carbocycles. The SMILES string of the molecule is CCCNC(CCOCCC)c1cccc(CCC)c1. The minimum Gasteiger partial charge on any atom is -0.381 e. The lowest BCUT2D eigenvalue weighted by molar-refractivity contribution is 0.124. The normalized spacial score (nSPS) is 12.6. The van der Waals surface area contributed by atoms with E-state index in [1.807, 2.05) is 0 Å². The second-order valence-electron chi connectivity index (χ2n) is 5.40. The minimum atomic E-state index is 0.420. The Kier molecular flexibility index (Phi) is 9.35. The molecule has 0 saturated carbocycles. The molecular formula is C18H31NO. The molecule has 0 saturated heterocycles. The molecule has 0 aliphatic rings. The van der Waals surface area contributed by atoms with Crippen molar-refractivity contribution >= 4 is 0 Å². The monoisotopic (exact) mass is 277 g/mol. The van der Waals surface area contributed by atoms with E-state index in [0.29, 0.717) is 6.04 Å². The molecule has 2 nitrogen and oxygen atoms in total. The molecule has 0 aliphatic heterocycles. The van der Waals surface area contributed by atoms with Gasteiger partial charge in [-0.2, -0.15) is 0 Å². The summed E-state index contributed by atoms with van der Waals surface area (Å²) in [6, 6.07) is 9.44. The van der Waals surface area contributed by atoms with Gasteiger partial charge < -0.3 is 10.1 Å². The molecule has 0 fully saturated rings. The van der Waals surface area contributed by atoms with Crippen LogP contribution in [0.2, 0.25) is 0 Å². The van der Waals surface area contributed by atoms with Crippen LogP contribution in [0.3, 0.4) is 0 Å². The fraction of sp³-hybridized carbons (Fsp3) is 0.667. The molecule has 0 amide bonds. The molecule has 1 unspecified atom stereocenters. The lowest BCUT2D eigenvalue weighted by Crippen LogP contribution is -2.23. The van der Waals surface area contributed by atoms with Crippen molar-refractivity contribution in [3.8, 4) is 0 Å². The average Bonchev–Trinajstić information content (AvgIpc) is 2.47. The van der Waals surface area contributed by atoms with Crippen LogP contribution in [-0.2, 0) is 11.2 Å². The highest BCUT2D eigenvalue weighted by Gasteiger charge is 2.10. The summed E-state index contributed by atoms with van der Waals surface area (Å²) in [5.41, 5.74) is 2.85. The highest BCUT2D eigenvalue weighted by atomic mass is 16.5. The average molecular weight is 277 g/mol. The second-order valence-corrected chi connectivity index (χ2v) is 5.40. The van der Waals surface area contributed by atoms with Crippen LogP contribution in [0.4, 0.5) is 0 Å². The molecular weight excluding hydrogens is 246 g/mol. The van der Waals surface area contributed by atoms with Crippen LogP contribution in [0.15, 0.2) is 24.3 Å². The first-order chi connectivity index (χ1) is 9.81. The van der Waals surface area contributed by atoms with Gasteiger partial charge in [0.25, 0.3) is 0 Å². The summed E-state index contributed by atoms with van der Waals surface area (Å²) in [6.07, 6.45) is 5.69.